The second-order valence-corrected chi connectivity index (χ2v) is 5.43. The largest absolute Gasteiger partial charge is 0.397 e. The third-order valence-corrected chi connectivity index (χ3v) is 2.97. The second-order valence-electron chi connectivity index (χ2n) is 5.43. The van der Waals surface area contributed by atoms with Gasteiger partial charge in [0.25, 0.3) is 0 Å². The van der Waals surface area contributed by atoms with Gasteiger partial charge in [0.15, 0.2) is 0 Å². The number of halogens is 3. The molecule has 0 radical (unpaired) electrons. The number of nitrogens with one attached hydrogen (secondary N) is 3. The lowest BCUT2D eigenvalue weighted by Gasteiger charge is -2.16. The standard InChI is InChI=1S/C14H18F3N7O/c1-9(21-12(25)5-14(15,16)17)6-19-11-3-4-18-13(23-11)22-10-7-20-24(2)8-10/h3-4,7-9H,5-6H2,1-2H3,(H,21,25)(H2,18,19,22,23)/t9-/m0/s1. The third kappa shape index (κ3) is 6.65. The number of amides is 1. The molecule has 8 nitrogen and oxygen atoms in total. The molecule has 11 heteroatoms. The molecule has 136 valence electrons. The van der Waals surface area contributed by atoms with Crippen LogP contribution in [0.25, 0.3) is 0 Å². The molecule has 0 unspecified atom stereocenters. The fraction of sp³-hybridized carbons (Fsp3) is 0.429. The van der Waals surface area contributed by atoms with E-state index in [9.17, 15) is 18.0 Å². The topological polar surface area (TPSA) is 96.8 Å². The van der Waals surface area contributed by atoms with Crippen molar-refractivity contribution in [3.05, 3.63) is 24.7 Å². The highest BCUT2D eigenvalue weighted by molar-refractivity contribution is 5.76. The SMILES string of the molecule is C[C@@H](CNc1ccnc(Nc2cnn(C)c2)n1)NC(=O)CC(F)(F)F. The van der Waals surface area contributed by atoms with Crippen molar-refractivity contribution in [2.75, 3.05) is 17.2 Å². The first-order chi connectivity index (χ1) is 11.7. The molecule has 0 saturated carbocycles. The molecule has 0 aromatic carbocycles. The van der Waals surface area contributed by atoms with Gasteiger partial charge in [-0.05, 0) is 13.0 Å². The Hall–Kier alpha value is -2.85. The number of hydrogen-bond acceptors (Lipinski definition) is 6. The van der Waals surface area contributed by atoms with Gasteiger partial charge >= 0.3 is 6.18 Å². The average Bonchev–Trinajstić information content (AvgIpc) is 2.88. The van der Waals surface area contributed by atoms with Crippen molar-refractivity contribution in [1.29, 1.82) is 0 Å². The second kappa shape index (κ2) is 7.81. The maximum absolute atomic E-state index is 12.1. The molecule has 1 amide bonds. The van der Waals surface area contributed by atoms with E-state index < -0.39 is 24.5 Å². The molecule has 2 aromatic rings. The van der Waals surface area contributed by atoms with E-state index in [4.69, 9.17) is 0 Å². The lowest BCUT2D eigenvalue weighted by molar-refractivity contribution is -0.154. The van der Waals surface area contributed by atoms with E-state index in [1.165, 1.54) is 6.20 Å². The summed E-state index contributed by atoms with van der Waals surface area (Å²) >= 11 is 0. The van der Waals surface area contributed by atoms with E-state index in [1.807, 2.05) is 0 Å². The summed E-state index contributed by atoms with van der Waals surface area (Å²) in [5.74, 6) is -0.256. The lowest BCUT2D eigenvalue weighted by Crippen LogP contribution is -2.39. The normalized spacial score (nSPS) is 12.5. The number of aromatic nitrogens is 4. The molecule has 1 atom stereocenters. The summed E-state index contributed by atoms with van der Waals surface area (Å²) in [5, 5.41) is 12.2. The van der Waals surface area contributed by atoms with E-state index in [2.05, 4.69) is 31.0 Å². The molecule has 0 saturated heterocycles. The van der Waals surface area contributed by atoms with E-state index >= 15 is 0 Å². The van der Waals surface area contributed by atoms with Crippen molar-refractivity contribution in [2.24, 2.45) is 7.05 Å². The Labute approximate surface area is 141 Å². The summed E-state index contributed by atoms with van der Waals surface area (Å²) in [6.45, 7) is 1.81. The molecule has 25 heavy (non-hydrogen) atoms. The van der Waals surface area contributed by atoms with E-state index in [0.717, 1.165) is 0 Å². The fourth-order valence-corrected chi connectivity index (χ4v) is 1.95. The number of carbonyl (C=O) groups is 1. The number of aryl methyl sites for hydroxylation is 1. The van der Waals surface area contributed by atoms with E-state index in [0.29, 0.717) is 17.5 Å². The van der Waals surface area contributed by atoms with Crippen molar-refractivity contribution >= 4 is 23.4 Å². The zero-order valence-corrected chi connectivity index (χ0v) is 13.6. The minimum absolute atomic E-state index is 0.215. The molecule has 0 aliphatic carbocycles. The van der Waals surface area contributed by atoms with Gasteiger partial charge < -0.3 is 16.0 Å². The smallest absolute Gasteiger partial charge is 0.368 e. The summed E-state index contributed by atoms with van der Waals surface area (Å²) in [6, 6.07) is 1.11. The number of nitrogens with zero attached hydrogens (tertiary/aromatic N) is 4. The van der Waals surface area contributed by atoms with Crippen molar-refractivity contribution in [3.8, 4) is 0 Å². The van der Waals surface area contributed by atoms with Gasteiger partial charge in [0.05, 0.1) is 11.9 Å². The van der Waals surface area contributed by atoms with E-state index in [1.54, 1.807) is 37.1 Å². The van der Waals surface area contributed by atoms with Crippen LogP contribution in [0, 0.1) is 0 Å². The predicted molar refractivity (Wildman–Crippen MR) is 85.3 cm³/mol. The number of hydrogen-bond donors (Lipinski definition) is 3. The van der Waals surface area contributed by atoms with Crippen LogP contribution in [0.3, 0.4) is 0 Å². The van der Waals surface area contributed by atoms with Crippen molar-refractivity contribution < 1.29 is 18.0 Å². The number of anilines is 3. The van der Waals surface area contributed by atoms with Crippen molar-refractivity contribution in [1.82, 2.24) is 25.1 Å². The summed E-state index contributed by atoms with van der Waals surface area (Å²) in [4.78, 5) is 19.5. The monoisotopic (exact) mass is 357 g/mol. The van der Waals surface area contributed by atoms with Crippen molar-refractivity contribution in [3.63, 3.8) is 0 Å². The Morgan fingerprint density at radius 3 is 2.80 bits per heavy atom. The molecular formula is C14H18F3N7O. The van der Waals surface area contributed by atoms with Crippen LogP contribution in [-0.2, 0) is 11.8 Å². The van der Waals surface area contributed by atoms with Crippen LogP contribution >= 0.6 is 0 Å². The van der Waals surface area contributed by atoms with Crippen LogP contribution in [0.4, 0.5) is 30.6 Å². The number of carbonyl (C=O) groups excluding carboxylic acids is 1. The zero-order valence-electron chi connectivity index (χ0n) is 13.6. The molecule has 0 bridgehead atoms. The number of alkyl halides is 3. The van der Waals surface area contributed by atoms with Gasteiger partial charge in [-0.3, -0.25) is 9.48 Å². The average molecular weight is 357 g/mol. The van der Waals surface area contributed by atoms with Crippen molar-refractivity contribution in [2.45, 2.75) is 25.6 Å². The number of rotatable bonds is 7. The summed E-state index contributed by atoms with van der Waals surface area (Å²) < 4.78 is 38.0. The Kier molecular flexibility index (Phi) is 5.78. The third-order valence-electron chi connectivity index (χ3n) is 2.97. The van der Waals surface area contributed by atoms with Gasteiger partial charge in [0.2, 0.25) is 11.9 Å². The van der Waals surface area contributed by atoms with Gasteiger partial charge in [-0.2, -0.15) is 23.3 Å². The molecular weight excluding hydrogens is 339 g/mol. The molecule has 0 fully saturated rings. The highest BCUT2D eigenvalue weighted by atomic mass is 19.4. The van der Waals surface area contributed by atoms with Gasteiger partial charge in [-0.1, -0.05) is 0 Å². The Morgan fingerprint density at radius 2 is 2.16 bits per heavy atom. The van der Waals surface area contributed by atoms with Crippen LogP contribution in [0.5, 0.6) is 0 Å². The summed E-state index contributed by atoms with van der Waals surface area (Å²) in [7, 11) is 1.78. The summed E-state index contributed by atoms with van der Waals surface area (Å²) in [6.07, 6.45) is -1.12. The van der Waals surface area contributed by atoms with Gasteiger partial charge in [-0.15, -0.1) is 0 Å². The zero-order chi connectivity index (χ0) is 18.4. The quantitative estimate of drug-likeness (QED) is 0.699. The van der Waals surface area contributed by atoms with Crippen LogP contribution in [0.1, 0.15) is 13.3 Å². The van der Waals surface area contributed by atoms with E-state index in [-0.39, 0.29) is 6.54 Å². The lowest BCUT2D eigenvalue weighted by atomic mass is 10.3. The molecule has 0 aliphatic rings. The maximum atomic E-state index is 12.1. The molecule has 2 rings (SSSR count). The first kappa shape index (κ1) is 18.5. The van der Waals surface area contributed by atoms with Crippen LogP contribution in [0.2, 0.25) is 0 Å². The first-order valence-electron chi connectivity index (χ1n) is 7.40. The van der Waals surface area contributed by atoms with Crippen LogP contribution in [0.15, 0.2) is 24.7 Å². The van der Waals surface area contributed by atoms with Gasteiger partial charge in [0, 0.05) is 32.0 Å². The Morgan fingerprint density at radius 1 is 1.40 bits per heavy atom. The minimum atomic E-state index is -4.52. The van der Waals surface area contributed by atoms with Gasteiger partial charge in [0.1, 0.15) is 12.2 Å². The molecule has 2 heterocycles. The molecule has 0 spiro atoms. The van der Waals surface area contributed by atoms with Crippen LogP contribution < -0.4 is 16.0 Å². The minimum Gasteiger partial charge on any atom is -0.368 e. The molecule has 0 aliphatic heterocycles. The maximum Gasteiger partial charge on any atom is 0.397 e. The predicted octanol–water partition coefficient (Wildman–Crippen LogP) is 1.82. The first-order valence-corrected chi connectivity index (χ1v) is 7.40. The van der Waals surface area contributed by atoms with Crippen LogP contribution in [-0.4, -0.2) is 44.4 Å². The highest BCUT2D eigenvalue weighted by Crippen LogP contribution is 2.19. The summed E-state index contributed by atoms with van der Waals surface area (Å²) in [5.41, 5.74) is 0.715. The Bertz CT molecular complexity index is 716. The highest BCUT2D eigenvalue weighted by Gasteiger charge is 2.31. The fourth-order valence-electron chi connectivity index (χ4n) is 1.95. The molecule has 2 aromatic heterocycles. The Balaban J connectivity index is 1.84. The van der Waals surface area contributed by atoms with Gasteiger partial charge in [-0.25, -0.2) is 4.98 Å². The molecule has 3 N–H and O–H groups in total.